The Labute approximate surface area is 169 Å². The molecule has 2 aliphatic heterocycles. The second-order valence-electron chi connectivity index (χ2n) is 8.61. The van der Waals surface area contributed by atoms with E-state index in [2.05, 4.69) is 26.8 Å². The molecule has 0 spiro atoms. The number of piperazine rings is 1. The lowest BCUT2D eigenvalue weighted by Crippen LogP contribution is -2.56. The molecule has 1 atom stereocenters. The summed E-state index contributed by atoms with van der Waals surface area (Å²) in [4.78, 5) is 20.2. The second kappa shape index (κ2) is 9.17. The molecule has 0 N–H and O–H groups in total. The van der Waals surface area contributed by atoms with Gasteiger partial charge in [-0.15, -0.1) is 0 Å². The Kier molecular flexibility index (Phi) is 6.40. The molecule has 0 radical (unpaired) electrons. The van der Waals surface area contributed by atoms with E-state index in [4.69, 9.17) is 4.74 Å². The number of rotatable bonds is 4. The van der Waals surface area contributed by atoms with Crippen molar-refractivity contribution < 1.29 is 9.53 Å². The fraction of sp³-hybridized carbons (Fsp3) is 0.696. The molecule has 1 aliphatic carbocycles. The van der Waals surface area contributed by atoms with Crippen LogP contribution in [0.15, 0.2) is 24.3 Å². The molecule has 0 aromatic heterocycles. The van der Waals surface area contributed by atoms with Crippen molar-refractivity contribution in [2.75, 3.05) is 51.3 Å². The van der Waals surface area contributed by atoms with Gasteiger partial charge in [-0.2, -0.15) is 0 Å². The van der Waals surface area contributed by atoms with Crippen LogP contribution in [0.3, 0.4) is 0 Å². The minimum atomic E-state index is 0.301. The van der Waals surface area contributed by atoms with Crippen molar-refractivity contribution in [1.29, 1.82) is 0 Å². The number of carbonyl (C=O) groups is 1. The first-order chi connectivity index (χ1) is 13.8. The van der Waals surface area contributed by atoms with E-state index >= 15 is 0 Å². The molecule has 0 bridgehead atoms. The zero-order valence-corrected chi connectivity index (χ0v) is 17.3. The van der Waals surface area contributed by atoms with E-state index in [1.807, 2.05) is 12.1 Å². The average molecular weight is 386 g/mol. The number of para-hydroxylation sites is 2. The molecule has 1 saturated carbocycles. The lowest BCUT2D eigenvalue weighted by atomic mass is 9.87. The van der Waals surface area contributed by atoms with Gasteiger partial charge in [0.05, 0.1) is 12.8 Å². The lowest BCUT2D eigenvalue weighted by Gasteiger charge is -2.44. The zero-order valence-electron chi connectivity index (χ0n) is 17.3. The normalized spacial score (nSPS) is 25.0. The van der Waals surface area contributed by atoms with E-state index in [0.717, 1.165) is 64.3 Å². The standard InChI is InChI=1S/C23H35N3O2/c1-28-22-12-6-5-11-21(22)25-16-14-24(15-17-25)20-10-7-13-26(18-20)23(27)19-8-3-2-4-9-19/h5-6,11-12,19-20H,2-4,7-10,13-18H2,1H3/t20-/m0/s1. The van der Waals surface area contributed by atoms with Crippen LogP contribution in [0, 0.1) is 5.92 Å². The number of methoxy groups -OCH3 is 1. The molecular formula is C23H35N3O2. The molecule has 1 aromatic rings. The number of hydrogen-bond donors (Lipinski definition) is 0. The van der Waals surface area contributed by atoms with Gasteiger partial charge in [0.15, 0.2) is 0 Å². The smallest absolute Gasteiger partial charge is 0.225 e. The molecule has 2 saturated heterocycles. The van der Waals surface area contributed by atoms with Crippen molar-refractivity contribution in [1.82, 2.24) is 9.80 Å². The molecule has 28 heavy (non-hydrogen) atoms. The Hall–Kier alpha value is -1.75. The van der Waals surface area contributed by atoms with E-state index in [1.165, 1.54) is 31.4 Å². The topological polar surface area (TPSA) is 36.0 Å². The van der Waals surface area contributed by atoms with Gasteiger partial charge in [0.2, 0.25) is 5.91 Å². The van der Waals surface area contributed by atoms with Crippen molar-refractivity contribution in [3.63, 3.8) is 0 Å². The summed E-state index contributed by atoms with van der Waals surface area (Å²) < 4.78 is 5.54. The lowest BCUT2D eigenvalue weighted by molar-refractivity contribution is -0.138. The maximum atomic E-state index is 13.0. The van der Waals surface area contributed by atoms with Crippen LogP contribution in [0.5, 0.6) is 5.75 Å². The third-order valence-corrected chi connectivity index (χ3v) is 6.92. The number of hydrogen-bond acceptors (Lipinski definition) is 4. The second-order valence-corrected chi connectivity index (χ2v) is 8.61. The Morgan fingerprint density at radius 3 is 2.43 bits per heavy atom. The number of carbonyl (C=O) groups excluding carboxylic acids is 1. The van der Waals surface area contributed by atoms with E-state index in [0.29, 0.717) is 17.9 Å². The molecule has 2 heterocycles. The van der Waals surface area contributed by atoms with Gasteiger partial charge in [0, 0.05) is 51.2 Å². The van der Waals surface area contributed by atoms with Gasteiger partial charge in [-0.25, -0.2) is 0 Å². The molecule has 4 rings (SSSR count). The van der Waals surface area contributed by atoms with Gasteiger partial charge < -0.3 is 14.5 Å². The van der Waals surface area contributed by atoms with Crippen LogP contribution in [0.2, 0.25) is 0 Å². The minimum absolute atomic E-state index is 0.301. The van der Waals surface area contributed by atoms with Crippen LogP contribution in [0.4, 0.5) is 5.69 Å². The maximum Gasteiger partial charge on any atom is 0.225 e. The van der Waals surface area contributed by atoms with E-state index in [1.54, 1.807) is 7.11 Å². The number of piperidine rings is 1. The molecule has 3 fully saturated rings. The summed E-state index contributed by atoms with van der Waals surface area (Å²) in [5.41, 5.74) is 1.20. The summed E-state index contributed by atoms with van der Waals surface area (Å²) in [6.07, 6.45) is 8.37. The van der Waals surface area contributed by atoms with Crippen LogP contribution in [-0.4, -0.2) is 68.1 Å². The predicted molar refractivity (Wildman–Crippen MR) is 113 cm³/mol. The third-order valence-electron chi connectivity index (χ3n) is 6.92. The van der Waals surface area contributed by atoms with Gasteiger partial charge in [-0.1, -0.05) is 31.4 Å². The number of ether oxygens (including phenoxy) is 1. The third kappa shape index (κ3) is 4.29. The Balaban J connectivity index is 1.32. The number of anilines is 1. The minimum Gasteiger partial charge on any atom is -0.495 e. The number of nitrogens with zero attached hydrogens (tertiary/aromatic N) is 3. The molecule has 1 amide bonds. The Bertz CT molecular complexity index is 651. The van der Waals surface area contributed by atoms with Crippen molar-refractivity contribution in [2.24, 2.45) is 5.92 Å². The van der Waals surface area contributed by atoms with E-state index < -0.39 is 0 Å². The molecule has 0 unspecified atom stereocenters. The monoisotopic (exact) mass is 385 g/mol. The first-order valence-corrected chi connectivity index (χ1v) is 11.2. The van der Waals surface area contributed by atoms with Crippen molar-refractivity contribution in [2.45, 2.75) is 51.0 Å². The highest BCUT2D eigenvalue weighted by molar-refractivity contribution is 5.79. The number of likely N-dealkylation sites (tertiary alicyclic amines) is 1. The molecule has 1 aromatic carbocycles. The summed E-state index contributed by atoms with van der Waals surface area (Å²) >= 11 is 0. The SMILES string of the molecule is COc1ccccc1N1CCN([C@H]2CCCN(C(=O)C3CCCCC3)C2)CC1. The maximum absolute atomic E-state index is 13.0. The predicted octanol–water partition coefficient (Wildman–Crippen LogP) is 3.39. The highest BCUT2D eigenvalue weighted by atomic mass is 16.5. The highest BCUT2D eigenvalue weighted by Crippen LogP contribution is 2.30. The van der Waals surface area contributed by atoms with Crippen molar-refractivity contribution in [3.05, 3.63) is 24.3 Å². The van der Waals surface area contributed by atoms with Gasteiger partial charge in [-0.05, 0) is 37.8 Å². The van der Waals surface area contributed by atoms with Gasteiger partial charge >= 0.3 is 0 Å². The summed E-state index contributed by atoms with van der Waals surface area (Å²) in [5, 5.41) is 0. The number of benzene rings is 1. The highest BCUT2D eigenvalue weighted by Gasteiger charge is 2.33. The first kappa shape index (κ1) is 19.6. The summed E-state index contributed by atoms with van der Waals surface area (Å²) in [7, 11) is 1.75. The first-order valence-electron chi connectivity index (χ1n) is 11.2. The summed E-state index contributed by atoms with van der Waals surface area (Å²) in [5.74, 6) is 1.70. The van der Waals surface area contributed by atoms with Crippen LogP contribution >= 0.6 is 0 Å². The van der Waals surface area contributed by atoms with Crippen molar-refractivity contribution in [3.8, 4) is 5.75 Å². The quantitative estimate of drug-likeness (QED) is 0.796. The van der Waals surface area contributed by atoms with Crippen LogP contribution in [-0.2, 0) is 4.79 Å². The summed E-state index contributed by atoms with van der Waals surface area (Å²) in [6.45, 7) is 6.07. The number of amides is 1. The fourth-order valence-electron chi connectivity index (χ4n) is 5.28. The summed E-state index contributed by atoms with van der Waals surface area (Å²) in [6, 6.07) is 8.83. The largest absolute Gasteiger partial charge is 0.495 e. The van der Waals surface area contributed by atoms with Crippen LogP contribution in [0.1, 0.15) is 44.9 Å². The van der Waals surface area contributed by atoms with E-state index in [-0.39, 0.29) is 0 Å². The zero-order chi connectivity index (χ0) is 19.3. The Morgan fingerprint density at radius 2 is 1.68 bits per heavy atom. The average Bonchev–Trinajstić information content (AvgIpc) is 2.79. The van der Waals surface area contributed by atoms with Crippen molar-refractivity contribution >= 4 is 11.6 Å². The van der Waals surface area contributed by atoms with Gasteiger partial charge in [-0.3, -0.25) is 9.69 Å². The molecule has 5 nitrogen and oxygen atoms in total. The molecular weight excluding hydrogens is 350 g/mol. The van der Waals surface area contributed by atoms with Crippen LogP contribution < -0.4 is 9.64 Å². The molecule has 154 valence electrons. The Morgan fingerprint density at radius 1 is 0.929 bits per heavy atom. The molecule has 5 heteroatoms. The fourth-order valence-corrected chi connectivity index (χ4v) is 5.28. The van der Waals surface area contributed by atoms with E-state index in [9.17, 15) is 4.79 Å². The van der Waals surface area contributed by atoms with Gasteiger partial charge in [0.25, 0.3) is 0 Å². The molecule has 3 aliphatic rings. The van der Waals surface area contributed by atoms with Crippen LogP contribution in [0.25, 0.3) is 0 Å². The van der Waals surface area contributed by atoms with Gasteiger partial charge in [0.1, 0.15) is 5.75 Å².